The third-order valence-electron chi connectivity index (χ3n) is 4.40. The van der Waals surface area contributed by atoms with Gasteiger partial charge in [0.05, 0.1) is 19.1 Å². The maximum Gasteiger partial charge on any atom is 0.228 e. The van der Waals surface area contributed by atoms with Crippen LogP contribution < -0.4 is 10.6 Å². The number of hydrogen-bond acceptors (Lipinski definition) is 4. The number of rotatable bonds is 4. The van der Waals surface area contributed by atoms with Gasteiger partial charge in [0.25, 0.3) is 0 Å². The fraction of sp³-hybridized carbons (Fsp3) is 0.588. The Morgan fingerprint density at radius 2 is 2.05 bits per heavy atom. The van der Waals surface area contributed by atoms with E-state index >= 15 is 0 Å². The van der Waals surface area contributed by atoms with Gasteiger partial charge in [-0.25, -0.2) is 0 Å². The Balaban J connectivity index is 1.51. The minimum atomic E-state index is 0.0989. The fourth-order valence-electron chi connectivity index (χ4n) is 3.03. The van der Waals surface area contributed by atoms with Crippen LogP contribution in [0.5, 0.6) is 0 Å². The summed E-state index contributed by atoms with van der Waals surface area (Å²) in [6.07, 6.45) is 2.06. The van der Waals surface area contributed by atoms with Gasteiger partial charge in [-0.15, -0.1) is 0 Å². The predicted octanol–water partition coefficient (Wildman–Crippen LogP) is 1.46. The molecule has 0 aliphatic carbocycles. The number of carbonyl (C=O) groups is 1. The summed E-state index contributed by atoms with van der Waals surface area (Å²) < 4.78 is 5.36. The molecule has 2 heterocycles. The van der Waals surface area contributed by atoms with Gasteiger partial charge >= 0.3 is 0 Å². The molecule has 0 saturated carbocycles. The molecule has 5 nitrogen and oxygen atoms in total. The molecule has 2 aliphatic heterocycles. The van der Waals surface area contributed by atoms with E-state index in [1.807, 2.05) is 12.1 Å². The second kappa shape index (κ2) is 7.72. The molecule has 0 bridgehead atoms. The van der Waals surface area contributed by atoms with Crippen LogP contribution in [0.4, 0.5) is 5.69 Å². The van der Waals surface area contributed by atoms with Crippen LogP contribution in [0.2, 0.25) is 0 Å². The van der Waals surface area contributed by atoms with E-state index in [1.165, 1.54) is 5.56 Å². The number of hydrogen-bond donors (Lipinski definition) is 2. The quantitative estimate of drug-likeness (QED) is 0.884. The fourth-order valence-corrected chi connectivity index (χ4v) is 3.03. The van der Waals surface area contributed by atoms with Crippen LogP contribution >= 0.6 is 0 Å². The van der Waals surface area contributed by atoms with Crippen LogP contribution in [-0.4, -0.2) is 50.2 Å². The van der Waals surface area contributed by atoms with Gasteiger partial charge in [0.1, 0.15) is 0 Å². The summed E-state index contributed by atoms with van der Waals surface area (Å²) >= 11 is 0. The zero-order valence-electron chi connectivity index (χ0n) is 13.0. The number of carbonyl (C=O) groups excluding carboxylic acids is 1. The van der Waals surface area contributed by atoms with Crippen molar-refractivity contribution in [2.24, 2.45) is 5.92 Å². The number of nitrogens with one attached hydrogen (secondary N) is 2. The van der Waals surface area contributed by atoms with Gasteiger partial charge in [0.15, 0.2) is 0 Å². The Labute approximate surface area is 132 Å². The number of anilines is 1. The van der Waals surface area contributed by atoms with E-state index in [-0.39, 0.29) is 11.8 Å². The van der Waals surface area contributed by atoms with E-state index < -0.39 is 0 Å². The molecule has 3 rings (SSSR count). The predicted molar refractivity (Wildman–Crippen MR) is 86.8 cm³/mol. The second-order valence-corrected chi connectivity index (χ2v) is 6.12. The first-order valence-corrected chi connectivity index (χ1v) is 8.22. The van der Waals surface area contributed by atoms with Gasteiger partial charge in [0, 0.05) is 31.9 Å². The molecule has 2 fully saturated rings. The highest BCUT2D eigenvalue weighted by Gasteiger charge is 2.20. The molecule has 1 atom stereocenters. The molecular weight excluding hydrogens is 278 g/mol. The van der Waals surface area contributed by atoms with Crippen LogP contribution in [0.3, 0.4) is 0 Å². The molecule has 0 aromatic heterocycles. The first-order valence-electron chi connectivity index (χ1n) is 8.22. The highest BCUT2D eigenvalue weighted by molar-refractivity contribution is 5.92. The van der Waals surface area contributed by atoms with Crippen LogP contribution in [0.15, 0.2) is 24.3 Å². The van der Waals surface area contributed by atoms with E-state index in [0.29, 0.717) is 0 Å². The number of nitrogens with zero attached hydrogens (tertiary/aromatic N) is 1. The van der Waals surface area contributed by atoms with Gasteiger partial charge in [-0.2, -0.15) is 0 Å². The molecule has 1 aromatic carbocycles. The summed E-state index contributed by atoms with van der Waals surface area (Å²) in [4.78, 5) is 14.6. The molecule has 0 unspecified atom stereocenters. The van der Waals surface area contributed by atoms with Crippen molar-refractivity contribution in [1.82, 2.24) is 10.2 Å². The molecular formula is C17H25N3O2. The largest absolute Gasteiger partial charge is 0.379 e. The summed E-state index contributed by atoms with van der Waals surface area (Å²) in [6, 6.07) is 8.21. The lowest BCUT2D eigenvalue weighted by Gasteiger charge is -2.26. The van der Waals surface area contributed by atoms with Crippen molar-refractivity contribution < 1.29 is 9.53 Å². The average molecular weight is 303 g/mol. The average Bonchev–Trinajstić information content (AvgIpc) is 2.58. The van der Waals surface area contributed by atoms with Crippen LogP contribution in [0.1, 0.15) is 18.4 Å². The van der Waals surface area contributed by atoms with E-state index in [4.69, 9.17) is 4.74 Å². The van der Waals surface area contributed by atoms with Crippen LogP contribution in [0.25, 0.3) is 0 Å². The van der Waals surface area contributed by atoms with Crippen molar-refractivity contribution in [3.8, 4) is 0 Å². The number of morpholine rings is 1. The van der Waals surface area contributed by atoms with Gasteiger partial charge in [-0.3, -0.25) is 9.69 Å². The molecule has 2 aliphatic rings. The lowest BCUT2D eigenvalue weighted by molar-refractivity contribution is -0.120. The van der Waals surface area contributed by atoms with Gasteiger partial charge < -0.3 is 15.4 Å². The Morgan fingerprint density at radius 1 is 1.27 bits per heavy atom. The Hall–Kier alpha value is -1.43. The summed E-state index contributed by atoms with van der Waals surface area (Å²) in [7, 11) is 0. The summed E-state index contributed by atoms with van der Waals surface area (Å²) in [5, 5.41) is 6.31. The summed E-state index contributed by atoms with van der Waals surface area (Å²) in [5.74, 6) is 0.231. The lowest BCUT2D eigenvalue weighted by Crippen LogP contribution is -2.37. The molecule has 2 N–H and O–H groups in total. The lowest BCUT2D eigenvalue weighted by atomic mass is 9.99. The summed E-state index contributed by atoms with van der Waals surface area (Å²) in [5.41, 5.74) is 2.17. The third kappa shape index (κ3) is 4.29. The van der Waals surface area contributed by atoms with E-state index in [1.54, 1.807) is 0 Å². The zero-order chi connectivity index (χ0) is 15.2. The Bertz CT molecular complexity index is 477. The molecule has 22 heavy (non-hydrogen) atoms. The maximum atomic E-state index is 12.2. The minimum Gasteiger partial charge on any atom is -0.379 e. The first kappa shape index (κ1) is 15.5. The molecule has 5 heteroatoms. The Kier molecular flexibility index (Phi) is 5.43. The topological polar surface area (TPSA) is 53.6 Å². The molecule has 0 spiro atoms. The monoisotopic (exact) mass is 303 g/mol. The first-order chi connectivity index (χ1) is 10.8. The highest BCUT2D eigenvalue weighted by atomic mass is 16.5. The molecule has 0 radical (unpaired) electrons. The molecule has 2 saturated heterocycles. The minimum absolute atomic E-state index is 0.0989. The standard InChI is InChI=1S/C17H25N3O2/c21-17(15-2-1-7-18-12-15)19-16-5-3-14(4-6-16)13-20-8-10-22-11-9-20/h3-6,15,18H,1-2,7-13H2,(H,19,21)/t15-/m1/s1. The number of ether oxygens (including phenoxy) is 1. The Morgan fingerprint density at radius 3 is 2.73 bits per heavy atom. The normalized spacial score (nSPS) is 23.2. The van der Waals surface area contributed by atoms with Crippen molar-refractivity contribution in [3.05, 3.63) is 29.8 Å². The highest BCUT2D eigenvalue weighted by Crippen LogP contribution is 2.16. The van der Waals surface area contributed by atoms with Crippen molar-refractivity contribution in [1.29, 1.82) is 0 Å². The van der Waals surface area contributed by atoms with Crippen LogP contribution in [-0.2, 0) is 16.1 Å². The van der Waals surface area contributed by atoms with Gasteiger partial charge in [-0.1, -0.05) is 12.1 Å². The van der Waals surface area contributed by atoms with E-state index in [0.717, 1.165) is 64.5 Å². The maximum absolute atomic E-state index is 12.2. The number of piperidine rings is 1. The van der Waals surface area contributed by atoms with Crippen molar-refractivity contribution in [2.45, 2.75) is 19.4 Å². The van der Waals surface area contributed by atoms with Crippen molar-refractivity contribution >= 4 is 11.6 Å². The van der Waals surface area contributed by atoms with Crippen molar-refractivity contribution in [2.75, 3.05) is 44.7 Å². The summed E-state index contributed by atoms with van der Waals surface area (Å²) in [6.45, 7) is 6.40. The third-order valence-corrected chi connectivity index (χ3v) is 4.40. The number of amides is 1. The van der Waals surface area contributed by atoms with Gasteiger partial charge in [0.2, 0.25) is 5.91 Å². The van der Waals surface area contributed by atoms with Crippen LogP contribution in [0, 0.1) is 5.92 Å². The van der Waals surface area contributed by atoms with E-state index in [9.17, 15) is 4.79 Å². The molecule has 1 aromatic rings. The zero-order valence-corrected chi connectivity index (χ0v) is 13.0. The molecule has 120 valence electrons. The number of benzene rings is 1. The van der Waals surface area contributed by atoms with Gasteiger partial charge in [-0.05, 0) is 37.1 Å². The SMILES string of the molecule is O=C(Nc1ccc(CN2CCOCC2)cc1)[C@@H]1CCCNC1. The van der Waals surface area contributed by atoms with Crippen molar-refractivity contribution in [3.63, 3.8) is 0 Å². The second-order valence-electron chi connectivity index (χ2n) is 6.12. The smallest absolute Gasteiger partial charge is 0.228 e. The molecule has 1 amide bonds. The van der Waals surface area contributed by atoms with E-state index in [2.05, 4.69) is 27.7 Å².